The van der Waals surface area contributed by atoms with Gasteiger partial charge in [-0.3, -0.25) is 19.4 Å². The first kappa shape index (κ1) is 24.4. The molecule has 0 radical (unpaired) electrons. The molecule has 186 valence electrons. The number of sulfonamides is 1. The van der Waals surface area contributed by atoms with Crippen LogP contribution in [0.4, 0.5) is 5.69 Å². The molecule has 1 aromatic heterocycles. The number of benzene rings is 3. The maximum atomic E-state index is 13.0. The van der Waals surface area contributed by atoms with Crippen molar-refractivity contribution < 1.29 is 13.2 Å². The largest absolute Gasteiger partial charge is 0.336 e. The Bertz CT molecular complexity index is 1570. The molecule has 1 aliphatic heterocycles. The molecule has 4 aromatic rings. The van der Waals surface area contributed by atoms with Crippen LogP contribution in [0.5, 0.6) is 0 Å². The number of nitrogens with zero attached hydrogens (tertiary/aromatic N) is 4. The molecule has 3 aromatic carbocycles. The summed E-state index contributed by atoms with van der Waals surface area (Å²) in [4.78, 5) is 21.5. The number of carbonyl (C=O) groups is 1. The SMILES string of the molecule is N#Cc1ccc(CN2CCN(C(=O)c3ccc(NS(=O)(=O)c4cccc5cccnc45)cc3)CC2)cc1. The van der Waals surface area contributed by atoms with Crippen molar-refractivity contribution >= 4 is 32.5 Å². The zero-order chi connectivity index (χ0) is 25.8. The van der Waals surface area contributed by atoms with Crippen LogP contribution < -0.4 is 4.72 Å². The first-order valence-electron chi connectivity index (χ1n) is 11.9. The highest BCUT2D eigenvalue weighted by Crippen LogP contribution is 2.24. The van der Waals surface area contributed by atoms with Crippen LogP contribution in [-0.2, 0) is 16.6 Å². The van der Waals surface area contributed by atoms with Crippen LogP contribution in [0.3, 0.4) is 0 Å². The second kappa shape index (κ2) is 10.4. The minimum atomic E-state index is -3.86. The Kier molecular flexibility index (Phi) is 6.86. The van der Waals surface area contributed by atoms with E-state index in [0.29, 0.717) is 35.4 Å². The summed E-state index contributed by atoms with van der Waals surface area (Å²) in [5, 5.41) is 9.68. The van der Waals surface area contributed by atoms with Crippen LogP contribution in [0.2, 0.25) is 0 Å². The molecule has 1 saturated heterocycles. The third-order valence-electron chi connectivity index (χ3n) is 6.42. The quantitative estimate of drug-likeness (QED) is 0.421. The topological polar surface area (TPSA) is 106 Å². The van der Waals surface area contributed by atoms with E-state index in [1.54, 1.807) is 42.6 Å². The maximum absolute atomic E-state index is 13.0. The zero-order valence-electron chi connectivity index (χ0n) is 20.0. The fourth-order valence-corrected chi connectivity index (χ4v) is 5.66. The Labute approximate surface area is 215 Å². The number of fused-ring (bicyclic) bond motifs is 1. The van der Waals surface area contributed by atoms with Gasteiger partial charge in [-0.05, 0) is 54.1 Å². The highest BCUT2D eigenvalue weighted by atomic mass is 32.2. The van der Waals surface area contributed by atoms with Crippen molar-refractivity contribution in [3.05, 3.63) is 102 Å². The zero-order valence-corrected chi connectivity index (χ0v) is 20.9. The van der Waals surface area contributed by atoms with Crippen LogP contribution in [0.1, 0.15) is 21.5 Å². The second-order valence-electron chi connectivity index (χ2n) is 8.89. The molecule has 2 heterocycles. The average molecular weight is 512 g/mol. The van der Waals surface area contributed by atoms with Crippen molar-refractivity contribution in [1.82, 2.24) is 14.8 Å². The Hall–Kier alpha value is -4.26. The number of nitriles is 1. The molecule has 1 aliphatic rings. The minimum Gasteiger partial charge on any atom is -0.336 e. The lowest BCUT2D eigenvalue weighted by Gasteiger charge is -2.34. The third kappa shape index (κ3) is 5.45. The van der Waals surface area contributed by atoms with Gasteiger partial charge in [0.1, 0.15) is 4.90 Å². The van der Waals surface area contributed by atoms with Crippen LogP contribution in [0.15, 0.2) is 90.0 Å². The summed E-state index contributed by atoms with van der Waals surface area (Å²) < 4.78 is 28.7. The molecule has 5 rings (SSSR count). The van der Waals surface area contributed by atoms with E-state index in [4.69, 9.17) is 5.26 Å². The standard InChI is InChI=1S/C28H25N5O3S/c29-19-21-6-8-22(9-7-21)20-32-15-17-33(18-16-32)28(34)24-10-12-25(13-11-24)31-37(35,36)26-5-1-3-23-4-2-14-30-27(23)26/h1-14,31H,15-18,20H2. The number of piperazine rings is 1. The van der Waals surface area contributed by atoms with Gasteiger partial charge in [-0.2, -0.15) is 5.26 Å². The number of hydrogen-bond acceptors (Lipinski definition) is 6. The van der Waals surface area contributed by atoms with Crippen molar-refractivity contribution in [2.75, 3.05) is 30.9 Å². The molecule has 0 atom stereocenters. The van der Waals surface area contributed by atoms with Crippen molar-refractivity contribution in [2.24, 2.45) is 0 Å². The molecule has 1 fully saturated rings. The number of carbonyl (C=O) groups excluding carboxylic acids is 1. The van der Waals surface area contributed by atoms with Gasteiger partial charge in [-0.1, -0.05) is 30.3 Å². The van der Waals surface area contributed by atoms with E-state index in [2.05, 4.69) is 20.7 Å². The normalized spacial score (nSPS) is 14.3. The summed E-state index contributed by atoms with van der Waals surface area (Å²) in [6, 6.07) is 24.8. The maximum Gasteiger partial charge on any atom is 0.264 e. The molecule has 8 nitrogen and oxygen atoms in total. The first-order chi connectivity index (χ1) is 17.9. The van der Waals surface area contributed by atoms with E-state index in [1.165, 1.54) is 6.07 Å². The van der Waals surface area contributed by atoms with E-state index >= 15 is 0 Å². The summed E-state index contributed by atoms with van der Waals surface area (Å²) in [5.41, 5.74) is 3.06. The molecule has 0 bridgehead atoms. The highest BCUT2D eigenvalue weighted by Gasteiger charge is 2.23. The van der Waals surface area contributed by atoms with E-state index in [1.807, 2.05) is 41.3 Å². The fraction of sp³-hybridized carbons (Fsp3) is 0.179. The molecule has 37 heavy (non-hydrogen) atoms. The van der Waals surface area contributed by atoms with E-state index < -0.39 is 10.0 Å². The lowest BCUT2D eigenvalue weighted by atomic mass is 10.1. The smallest absolute Gasteiger partial charge is 0.264 e. The van der Waals surface area contributed by atoms with Crippen molar-refractivity contribution in [3.63, 3.8) is 0 Å². The number of anilines is 1. The molecule has 1 N–H and O–H groups in total. The summed E-state index contributed by atoms with van der Waals surface area (Å²) in [7, 11) is -3.86. The first-order valence-corrected chi connectivity index (χ1v) is 13.4. The monoisotopic (exact) mass is 511 g/mol. The fourth-order valence-electron chi connectivity index (χ4n) is 4.42. The molecule has 0 unspecified atom stereocenters. The van der Waals surface area contributed by atoms with Gasteiger partial charge in [0.05, 0.1) is 17.1 Å². The van der Waals surface area contributed by atoms with Gasteiger partial charge in [0, 0.05) is 55.6 Å². The predicted molar refractivity (Wildman–Crippen MR) is 141 cm³/mol. The average Bonchev–Trinajstić information content (AvgIpc) is 2.93. The van der Waals surface area contributed by atoms with E-state index in [-0.39, 0.29) is 10.8 Å². The predicted octanol–water partition coefficient (Wildman–Crippen LogP) is 3.87. The van der Waals surface area contributed by atoms with Crippen LogP contribution in [0.25, 0.3) is 10.9 Å². The number of amides is 1. The second-order valence-corrected chi connectivity index (χ2v) is 10.5. The van der Waals surface area contributed by atoms with Crippen molar-refractivity contribution in [3.8, 4) is 6.07 Å². The molecule has 1 amide bonds. The van der Waals surface area contributed by atoms with Gasteiger partial charge in [-0.25, -0.2) is 8.42 Å². The third-order valence-corrected chi connectivity index (χ3v) is 7.83. The summed E-state index contributed by atoms with van der Waals surface area (Å²) in [5.74, 6) is -0.0781. The van der Waals surface area contributed by atoms with Crippen LogP contribution in [0, 0.1) is 11.3 Å². The lowest BCUT2D eigenvalue weighted by Crippen LogP contribution is -2.48. The summed E-state index contributed by atoms with van der Waals surface area (Å²) in [6.45, 7) is 3.50. The van der Waals surface area contributed by atoms with Gasteiger partial charge in [0.2, 0.25) is 0 Å². The highest BCUT2D eigenvalue weighted by molar-refractivity contribution is 7.93. The van der Waals surface area contributed by atoms with Gasteiger partial charge in [-0.15, -0.1) is 0 Å². The van der Waals surface area contributed by atoms with Crippen LogP contribution >= 0.6 is 0 Å². The molecule has 0 saturated carbocycles. The molecule has 0 spiro atoms. The number of nitrogens with one attached hydrogen (secondary N) is 1. The number of rotatable bonds is 6. The number of para-hydroxylation sites is 1. The lowest BCUT2D eigenvalue weighted by molar-refractivity contribution is 0.0628. The van der Waals surface area contributed by atoms with Gasteiger partial charge >= 0.3 is 0 Å². The Balaban J connectivity index is 1.20. The minimum absolute atomic E-state index is 0.0781. The molecule has 0 aliphatic carbocycles. The molecular weight excluding hydrogens is 486 g/mol. The number of hydrogen-bond donors (Lipinski definition) is 1. The Morgan fingerprint density at radius 1 is 0.919 bits per heavy atom. The van der Waals surface area contributed by atoms with Gasteiger partial charge in [0.25, 0.3) is 15.9 Å². The molecule has 9 heteroatoms. The van der Waals surface area contributed by atoms with Crippen LogP contribution in [-0.4, -0.2) is 55.3 Å². The van der Waals surface area contributed by atoms with E-state index in [0.717, 1.165) is 30.6 Å². The van der Waals surface area contributed by atoms with Crippen molar-refractivity contribution in [2.45, 2.75) is 11.4 Å². The van der Waals surface area contributed by atoms with Crippen molar-refractivity contribution in [1.29, 1.82) is 5.26 Å². The van der Waals surface area contributed by atoms with Gasteiger partial charge < -0.3 is 4.90 Å². The Morgan fingerprint density at radius 2 is 1.62 bits per heavy atom. The van der Waals surface area contributed by atoms with Gasteiger partial charge in [0.15, 0.2) is 0 Å². The number of aromatic nitrogens is 1. The van der Waals surface area contributed by atoms with E-state index in [9.17, 15) is 13.2 Å². The summed E-state index contributed by atoms with van der Waals surface area (Å²) in [6.07, 6.45) is 1.56. The number of pyridine rings is 1. The Morgan fingerprint density at radius 3 is 2.32 bits per heavy atom. The summed E-state index contributed by atoms with van der Waals surface area (Å²) >= 11 is 0. The molecular formula is C28H25N5O3S.